The highest BCUT2D eigenvalue weighted by atomic mass is 16.2. The van der Waals surface area contributed by atoms with Crippen molar-refractivity contribution in [3.05, 3.63) is 35.9 Å². The number of hydrogen-bond acceptors (Lipinski definition) is 2. The molecule has 1 aromatic carbocycles. The highest BCUT2D eigenvalue weighted by Crippen LogP contribution is 2.37. The van der Waals surface area contributed by atoms with Gasteiger partial charge in [-0.15, -0.1) is 0 Å². The van der Waals surface area contributed by atoms with Crippen molar-refractivity contribution < 1.29 is 4.79 Å². The molecule has 3 nitrogen and oxygen atoms in total. The van der Waals surface area contributed by atoms with Crippen molar-refractivity contribution in [1.29, 1.82) is 0 Å². The van der Waals surface area contributed by atoms with Crippen LogP contribution in [0.25, 0.3) is 0 Å². The molecule has 0 radical (unpaired) electrons. The predicted molar refractivity (Wildman–Crippen MR) is 82.4 cm³/mol. The maximum Gasteiger partial charge on any atom is 0.223 e. The van der Waals surface area contributed by atoms with Crippen molar-refractivity contribution in [2.24, 2.45) is 11.8 Å². The van der Waals surface area contributed by atoms with E-state index in [2.05, 4.69) is 55.3 Å². The molecule has 1 saturated carbocycles. The van der Waals surface area contributed by atoms with Crippen LogP contribution in [0.5, 0.6) is 0 Å². The summed E-state index contributed by atoms with van der Waals surface area (Å²) in [7, 11) is 0. The van der Waals surface area contributed by atoms with E-state index < -0.39 is 0 Å². The minimum absolute atomic E-state index is 0.227. The average molecular weight is 274 g/mol. The zero-order chi connectivity index (χ0) is 14.5. The lowest BCUT2D eigenvalue weighted by molar-refractivity contribution is -0.122. The number of likely N-dealkylation sites (N-methyl/N-ethyl adjacent to an activating group) is 1. The fourth-order valence-corrected chi connectivity index (χ4v) is 2.81. The number of carbonyl (C=O) groups is 1. The monoisotopic (exact) mass is 274 g/mol. The van der Waals surface area contributed by atoms with Crippen molar-refractivity contribution >= 4 is 5.91 Å². The van der Waals surface area contributed by atoms with E-state index in [1.807, 2.05) is 6.07 Å². The molecule has 0 unspecified atom stereocenters. The molecule has 0 aliphatic heterocycles. The van der Waals surface area contributed by atoms with Crippen LogP contribution in [-0.2, 0) is 4.79 Å². The van der Waals surface area contributed by atoms with E-state index in [9.17, 15) is 4.79 Å². The van der Waals surface area contributed by atoms with Gasteiger partial charge in [0.25, 0.3) is 0 Å². The molecule has 0 heterocycles. The number of amides is 1. The number of nitrogens with one attached hydrogen (secondary N) is 1. The molecule has 3 heteroatoms. The smallest absolute Gasteiger partial charge is 0.223 e. The summed E-state index contributed by atoms with van der Waals surface area (Å²) < 4.78 is 0. The summed E-state index contributed by atoms with van der Waals surface area (Å²) in [6, 6.07) is 10.7. The Morgan fingerprint density at radius 2 is 1.90 bits per heavy atom. The fourth-order valence-electron chi connectivity index (χ4n) is 2.81. The second-order valence-corrected chi connectivity index (χ2v) is 5.71. The third-order valence-corrected chi connectivity index (χ3v) is 4.35. The van der Waals surface area contributed by atoms with Gasteiger partial charge in [0.15, 0.2) is 0 Å². The molecule has 0 bridgehead atoms. The summed E-state index contributed by atoms with van der Waals surface area (Å²) >= 11 is 0. The topological polar surface area (TPSA) is 32.3 Å². The summed E-state index contributed by atoms with van der Waals surface area (Å²) in [6.07, 6.45) is 1.05. The molecule has 2 rings (SSSR count). The SMILES string of the molecule is CCN(CC)[C@H](CNC(=O)[C@H]1C[C@H]1C)c1ccccc1. The maximum atomic E-state index is 12.0. The third kappa shape index (κ3) is 3.60. The fraction of sp³-hybridized carbons (Fsp3) is 0.588. The third-order valence-electron chi connectivity index (χ3n) is 4.35. The minimum Gasteiger partial charge on any atom is -0.354 e. The zero-order valence-electron chi connectivity index (χ0n) is 12.8. The van der Waals surface area contributed by atoms with Gasteiger partial charge in [-0.2, -0.15) is 0 Å². The quantitative estimate of drug-likeness (QED) is 0.829. The molecule has 110 valence electrons. The summed E-state index contributed by atoms with van der Waals surface area (Å²) in [5.41, 5.74) is 1.28. The Bertz CT molecular complexity index is 428. The van der Waals surface area contributed by atoms with Gasteiger partial charge in [0.2, 0.25) is 5.91 Å². The van der Waals surface area contributed by atoms with Crippen molar-refractivity contribution in [3.63, 3.8) is 0 Å². The largest absolute Gasteiger partial charge is 0.354 e. The first-order valence-corrected chi connectivity index (χ1v) is 7.74. The van der Waals surface area contributed by atoms with Gasteiger partial charge in [-0.1, -0.05) is 51.1 Å². The number of rotatable bonds is 7. The first kappa shape index (κ1) is 15.0. The predicted octanol–water partition coefficient (Wildman–Crippen LogP) is 2.84. The first-order valence-electron chi connectivity index (χ1n) is 7.74. The number of carbonyl (C=O) groups excluding carboxylic acids is 1. The van der Waals surface area contributed by atoms with Gasteiger partial charge in [-0.25, -0.2) is 0 Å². The summed E-state index contributed by atoms with van der Waals surface area (Å²) in [5, 5.41) is 3.14. The lowest BCUT2D eigenvalue weighted by atomic mass is 10.0. The molecule has 1 amide bonds. The van der Waals surface area contributed by atoms with E-state index in [1.54, 1.807) is 0 Å². The number of nitrogens with zero attached hydrogens (tertiary/aromatic N) is 1. The van der Waals surface area contributed by atoms with Crippen molar-refractivity contribution in [3.8, 4) is 0 Å². The highest BCUT2D eigenvalue weighted by molar-refractivity contribution is 5.81. The van der Waals surface area contributed by atoms with Crippen LogP contribution in [0, 0.1) is 11.8 Å². The molecule has 0 aromatic heterocycles. The Hall–Kier alpha value is -1.35. The van der Waals surface area contributed by atoms with Crippen LogP contribution in [0.1, 0.15) is 38.8 Å². The Labute approximate surface area is 122 Å². The lowest BCUT2D eigenvalue weighted by Gasteiger charge is -2.30. The molecule has 1 aliphatic rings. The van der Waals surface area contributed by atoms with E-state index in [0.29, 0.717) is 12.5 Å². The second kappa shape index (κ2) is 6.89. The van der Waals surface area contributed by atoms with Crippen LogP contribution in [0.15, 0.2) is 30.3 Å². The average Bonchev–Trinajstić information content (AvgIpc) is 3.21. The van der Waals surface area contributed by atoms with E-state index >= 15 is 0 Å². The van der Waals surface area contributed by atoms with E-state index in [-0.39, 0.29) is 17.9 Å². The van der Waals surface area contributed by atoms with Gasteiger partial charge < -0.3 is 5.32 Å². The molecule has 20 heavy (non-hydrogen) atoms. The Kier molecular flexibility index (Phi) is 5.18. The second-order valence-electron chi connectivity index (χ2n) is 5.71. The van der Waals surface area contributed by atoms with Gasteiger partial charge in [0.1, 0.15) is 0 Å². The van der Waals surface area contributed by atoms with Crippen molar-refractivity contribution in [2.45, 2.75) is 33.2 Å². The molecule has 0 spiro atoms. The molecule has 1 aromatic rings. The van der Waals surface area contributed by atoms with Crippen LogP contribution >= 0.6 is 0 Å². The normalized spacial score (nSPS) is 22.6. The molecule has 1 N–H and O–H groups in total. The standard InChI is InChI=1S/C17H26N2O/c1-4-19(5-2)16(14-9-7-6-8-10-14)12-18-17(20)15-11-13(15)3/h6-10,13,15-16H,4-5,11-12H2,1-3H3,(H,18,20)/t13-,15+,16-/m1/s1. The molecule has 0 saturated heterocycles. The van der Waals surface area contributed by atoms with E-state index in [4.69, 9.17) is 0 Å². The number of benzene rings is 1. The number of hydrogen-bond donors (Lipinski definition) is 1. The molecule has 1 fully saturated rings. The van der Waals surface area contributed by atoms with Gasteiger partial charge >= 0.3 is 0 Å². The van der Waals surface area contributed by atoms with Crippen LogP contribution in [0.2, 0.25) is 0 Å². The maximum absolute atomic E-state index is 12.0. The summed E-state index contributed by atoms with van der Waals surface area (Å²) in [5.74, 6) is 1.05. The Morgan fingerprint density at radius 3 is 2.40 bits per heavy atom. The van der Waals surface area contributed by atoms with Crippen LogP contribution < -0.4 is 5.32 Å². The van der Waals surface area contributed by atoms with Crippen LogP contribution in [0.4, 0.5) is 0 Å². The molecular weight excluding hydrogens is 248 g/mol. The van der Waals surface area contributed by atoms with Crippen LogP contribution in [-0.4, -0.2) is 30.4 Å². The molecule has 1 aliphatic carbocycles. The summed E-state index contributed by atoms with van der Waals surface area (Å²) in [6.45, 7) is 9.17. The lowest BCUT2D eigenvalue weighted by Crippen LogP contribution is -2.38. The summed E-state index contributed by atoms with van der Waals surface area (Å²) in [4.78, 5) is 14.4. The first-order chi connectivity index (χ1) is 9.67. The van der Waals surface area contributed by atoms with Crippen LogP contribution in [0.3, 0.4) is 0 Å². The Balaban J connectivity index is 2.01. The Morgan fingerprint density at radius 1 is 1.30 bits per heavy atom. The van der Waals surface area contributed by atoms with Gasteiger partial charge in [0.05, 0.1) is 6.04 Å². The van der Waals surface area contributed by atoms with E-state index in [0.717, 1.165) is 19.5 Å². The van der Waals surface area contributed by atoms with Gasteiger partial charge in [-0.3, -0.25) is 9.69 Å². The van der Waals surface area contributed by atoms with E-state index in [1.165, 1.54) is 5.56 Å². The van der Waals surface area contributed by atoms with Crippen molar-refractivity contribution in [1.82, 2.24) is 10.2 Å². The van der Waals surface area contributed by atoms with Crippen molar-refractivity contribution in [2.75, 3.05) is 19.6 Å². The van der Waals surface area contributed by atoms with Gasteiger partial charge in [-0.05, 0) is 31.0 Å². The molecule has 3 atom stereocenters. The highest BCUT2D eigenvalue weighted by Gasteiger charge is 2.39. The zero-order valence-corrected chi connectivity index (χ0v) is 12.8. The molecular formula is C17H26N2O. The minimum atomic E-state index is 0.227. The van der Waals surface area contributed by atoms with Gasteiger partial charge in [0, 0.05) is 12.5 Å².